The van der Waals surface area contributed by atoms with E-state index in [0.29, 0.717) is 11.5 Å². The first-order valence-corrected chi connectivity index (χ1v) is 13.3. The van der Waals surface area contributed by atoms with Gasteiger partial charge in [-0.15, -0.1) is 0 Å². The van der Waals surface area contributed by atoms with Crippen LogP contribution in [0.5, 0.6) is 5.75 Å². The molecule has 2 N–H and O–H groups in total. The van der Waals surface area contributed by atoms with Gasteiger partial charge in [0.25, 0.3) is 0 Å². The lowest BCUT2D eigenvalue weighted by molar-refractivity contribution is -0.156. The van der Waals surface area contributed by atoms with Gasteiger partial charge < -0.3 is 15.2 Å². The molecule has 0 saturated heterocycles. The molecule has 0 amide bonds. The van der Waals surface area contributed by atoms with Crippen molar-refractivity contribution in [3.8, 4) is 5.75 Å². The number of nitrogens with one attached hydrogen (secondary N) is 1. The highest BCUT2D eigenvalue weighted by Crippen LogP contribution is 2.52. The summed E-state index contributed by atoms with van der Waals surface area (Å²) < 4.78 is 6.38. The second-order valence-electron chi connectivity index (χ2n) is 12.5. The number of rotatable bonds is 6. The molecule has 2 bridgehead atoms. The first-order valence-electron chi connectivity index (χ1n) is 13.3. The maximum atomic E-state index is 11.7. The molecule has 34 heavy (non-hydrogen) atoms. The molecule has 0 heterocycles. The molecule has 0 aromatic heterocycles. The zero-order valence-corrected chi connectivity index (χ0v) is 21.2. The van der Waals surface area contributed by atoms with Crippen molar-refractivity contribution in [3.05, 3.63) is 42.0 Å². The molecular weight excluding hydrogens is 422 g/mol. The van der Waals surface area contributed by atoms with Crippen molar-refractivity contribution in [2.24, 2.45) is 16.7 Å². The van der Waals surface area contributed by atoms with Gasteiger partial charge in [0.2, 0.25) is 0 Å². The Labute approximate surface area is 204 Å². The predicted molar refractivity (Wildman–Crippen MR) is 137 cm³/mol. The number of hydrogen-bond donors (Lipinski definition) is 2. The van der Waals surface area contributed by atoms with Gasteiger partial charge in [-0.05, 0) is 110 Å². The Morgan fingerprint density at radius 1 is 0.941 bits per heavy atom. The Morgan fingerprint density at radius 3 is 2.18 bits per heavy atom. The van der Waals surface area contributed by atoms with Gasteiger partial charge in [0.05, 0.1) is 11.5 Å². The van der Waals surface area contributed by atoms with Crippen LogP contribution in [0.15, 0.2) is 36.4 Å². The maximum absolute atomic E-state index is 11.7. The van der Waals surface area contributed by atoms with Crippen LogP contribution in [0.4, 0.5) is 0 Å². The molecule has 4 nitrogen and oxygen atoms in total. The second kappa shape index (κ2) is 8.86. The number of hydrogen-bond acceptors (Lipinski definition) is 3. The van der Waals surface area contributed by atoms with Crippen LogP contribution in [0.3, 0.4) is 0 Å². The summed E-state index contributed by atoms with van der Waals surface area (Å²) in [6.45, 7) is 7.92. The van der Waals surface area contributed by atoms with Gasteiger partial charge in [-0.25, -0.2) is 0 Å². The van der Waals surface area contributed by atoms with Crippen LogP contribution in [0, 0.1) is 16.7 Å². The third-order valence-electron chi connectivity index (χ3n) is 9.45. The molecule has 6 rings (SSSR count). The minimum Gasteiger partial charge on any atom is -0.490 e. The van der Waals surface area contributed by atoms with E-state index >= 15 is 0 Å². The lowest BCUT2D eigenvalue weighted by Gasteiger charge is -2.51. The zero-order chi connectivity index (χ0) is 24.0. The Kier molecular flexibility index (Phi) is 6.16. The Hall–Kier alpha value is -2.07. The van der Waals surface area contributed by atoms with E-state index in [1.807, 2.05) is 0 Å². The molecule has 0 aliphatic heterocycles. The fourth-order valence-corrected chi connectivity index (χ4v) is 6.76. The van der Waals surface area contributed by atoms with E-state index in [-0.39, 0.29) is 5.54 Å². The van der Waals surface area contributed by atoms with E-state index < -0.39 is 11.4 Å². The highest BCUT2D eigenvalue weighted by Gasteiger charge is 2.52. The first-order chi connectivity index (χ1) is 16.2. The molecule has 4 aliphatic carbocycles. The number of benzene rings is 2. The minimum atomic E-state index is -0.587. The second-order valence-corrected chi connectivity index (χ2v) is 12.5. The van der Waals surface area contributed by atoms with Crippen LogP contribution in [0.25, 0.3) is 10.8 Å². The van der Waals surface area contributed by atoms with Gasteiger partial charge in [-0.1, -0.05) is 39.0 Å². The van der Waals surface area contributed by atoms with Gasteiger partial charge in [-0.2, -0.15) is 0 Å². The van der Waals surface area contributed by atoms with Crippen molar-refractivity contribution >= 4 is 16.7 Å². The van der Waals surface area contributed by atoms with E-state index in [9.17, 15) is 9.90 Å². The highest BCUT2D eigenvalue weighted by molar-refractivity contribution is 5.84. The van der Waals surface area contributed by atoms with Crippen LogP contribution < -0.4 is 10.1 Å². The lowest BCUT2D eigenvalue weighted by atomic mass is 9.57. The summed E-state index contributed by atoms with van der Waals surface area (Å²) in [7, 11) is 0. The molecule has 4 heteroatoms. The number of carboxylic acid groups (broad SMARTS) is 1. The summed E-state index contributed by atoms with van der Waals surface area (Å²) in [5.74, 6) is 1.21. The molecule has 0 unspecified atom stereocenters. The molecule has 0 atom stereocenters. The fraction of sp³-hybridized carbons (Fsp3) is 0.633. The number of aliphatic carboxylic acids is 1. The fourth-order valence-electron chi connectivity index (χ4n) is 6.76. The summed E-state index contributed by atoms with van der Waals surface area (Å²) in [6, 6.07) is 13.2. The normalized spacial score (nSPS) is 31.5. The third-order valence-corrected chi connectivity index (χ3v) is 9.45. The van der Waals surface area contributed by atoms with E-state index in [0.717, 1.165) is 69.6 Å². The van der Waals surface area contributed by atoms with E-state index in [1.165, 1.54) is 29.2 Å². The first kappa shape index (κ1) is 23.7. The average molecular weight is 464 g/mol. The topological polar surface area (TPSA) is 58.6 Å². The Morgan fingerprint density at radius 2 is 1.56 bits per heavy atom. The molecule has 2 aromatic carbocycles. The van der Waals surface area contributed by atoms with Crippen molar-refractivity contribution in [1.82, 2.24) is 5.32 Å². The molecule has 4 fully saturated rings. The standard InChI is InChI=1S/C30H41NO3/c1-28(2,3)24-7-10-25(11-8-24)34-26-9-6-22-18-21(4-5-23(22)19-26)20-31-30-15-12-29(13-16-30,14-17-30)27(32)33/h4-6,9,18-19,24-25,31H,7-8,10-17,20H2,1-3H3,(H,32,33). The van der Waals surface area contributed by atoms with E-state index in [1.54, 1.807) is 0 Å². The molecule has 0 spiro atoms. The van der Waals surface area contributed by atoms with Crippen LogP contribution in [-0.4, -0.2) is 22.7 Å². The van der Waals surface area contributed by atoms with E-state index in [4.69, 9.17) is 4.74 Å². The third kappa shape index (κ3) is 4.71. The number of carbonyl (C=O) groups is 1. The summed E-state index contributed by atoms with van der Waals surface area (Å²) in [4.78, 5) is 11.7. The molecule has 4 saturated carbocycles. The summed E-state index contributed by atoms with van der Waals surface area (Å²) in [5, 5.41) is 15.9. The predicted octanol–water partition coefficient (Wildman–Crippen LogP) is 7.09. The average Bonchev–Trinajstić information content (AvgIpc) is 2.83. The van der Waals surface area contributed by atoms with Gasteiger partial charge in [-0.3, -0.25) is 4.79 Å². The van der Waals surface area contributed by atoms with Gasteiger partial charge >= 0.3 is 5.97 Å². The van der Waals surface area contributed by atoms with Crippen molar-refractivity contribution < 1.29 is 14.6 Å². The SMILES string of the molecule is CC(C)(C)C1CCC(Oc2ccc3cc(CNC45CCC(C(=O)O)(CC4)CC5)ccc3c2)CC1. The van der Waals surface area contributed by atoms with Crippen molar-refractivity contribution in [2.75, 3.05) is 0 Å². The smallest absolute Gasteiger partial charge is 0.309 e. The molecule has 0 radical (unpaired) electrons. The molecule has 2 aromatic rings. The van der Waals surface area contributed by atoms with Crippen LogP contribution in [0.1, 0.15) is 90.5 Å². The molecule has 4 aliphatic rings. The van der Waals surface area contributed by atoms with E-state index in [2.05, 4.69) is 62.5 Å². The largest absolute Gasteiger partial charge is 0.490 e. The Bertz CT molecular complexity index is 1020. The van der Waals surface area contributed by atoms with Crippen molar-refractivity contribution in [3.63, 3.8) is 0 Å². The van der Waals surface area contributed by atoms with Crippen LogP contribution >= 0.6 is 0 Å². The molecular formula is C30H41NO3. The zero-order valence-electron chi connectivity index (χ0n) is 21.2. The monoisotopic (exact) mass is 463 g/mol. The van der Waals surface area contributed by atoms with Crippen LogP contribution in [-0.2, 0) is 11.3 Å². The minimum absolute atomic E-state index is 0.121. The number of fused-ring (bicyclic) bond motifs is 4. The highest BCUT2D eigenvalue weighted by atomic mass is 16.5. The molecule has 184 valence electrons. The quantitative estimate of drug-likeness (QED) is 0.480. The van der Waals surface area contributed by atoms with Crippen molar-refractivity contribution in [2.45, 2.75) is 103 Å². The van der Waals surface area contributed by atoms with Crippen molar-refractivity contribution in [1.29, 1.82) is 0 Å². The van der Waals surface area contributed by atoms with Gasteiger partial charge in [0.1, 0.15) is 5.75 Å². The number of carboxylic acids is 1. The maximum Gasteiger partial charge on any atom is 0.309 e. The Balaban J connectivity index is 1.18. The van der Waals surface area contributed by atoms with Gasteiger partial charge in [0, 0.05) is 12.1 Å². The lowest BCUT2D eigenvalue weighted by Crippen LogP contribution is -2.56. The summed E-state index contributed by atoms with van der Waals surface area (Å²) in [5.41, 5.74) is 1.36. The summed E-state index contributed by atoms with van der Waals surface area (Å²) >= 11 is 0. The summed E-state index contributed by atoms with van der Waals surface area (Å²) in [6.07, 6.45) is 10.5. The number of ether oxygens (including phenoxy) is 1. The van der Waals surface area contributed by atoms with Crippen LogP contribution in [0.2, 0.25) is 0 Å². The van der Waals surface area contributed by atoms with Gasteiger partial charge in [0.15, 0.2) is 0 Å².